The summed E-state index contributed by atoms with van der Waals surface area (Å²) in [6, 6.07) is 0. The Bertz CT molecular complexity index is 460. The summed E-state index contributed by atoms with van der Waals surface area (Å²) in [5, 5.41) is 21.7. The molecular formula is C17H28O4. The van der Waals surface area contributed by atoms with Crippen molar-refractivity contribution in [3.63, 3.8) is 0 Å². The number of carbonyl (C=O) groups is 1. The smallest absolute Gasteiger partial charge is 0.302 e. The molecule has 0 radical (unpaired) electrons. The second-order valence-electron chi connectivity index (χ2n) is 8.35. The van der Waals surface area contributed by atoms with Crippen LogP contribution in [0.4, 0.5) is 0 Å². The Morgan fingerprint density at radius 2 is 1.86 bits per heavy atom. The standard InChI is InChI=1S/C17H28O4/c1-10(18)21-9-17-8-6-12(19)16(17,4)7-5-11-13(14(17)20)15(11,2)3/h11-14,19-20H,5-9H2,1-4H3/t11-,12+,13-,14-,16-,17+/m1/s1. The molecule has 3 fully saturated rings. The number of fused-ring (bicyclic) bond motifs is 2. The van der Waals surface area contributed by atoms with E-state index in [4.69, 9.17) is 4.74 Å². The van der Waals surface area contributed by atoms with Crippen LogP contribution in [0.15, 0.2) is 0 Å². The van der Waals surface area contributed by atoms with E-state index in [1.165, 1.54) is 6.92 Å². The van der Waals surface area contributed by atoms with Gasteiger partial charge in [0.2, 0.25) is 0 Å². The molecule has 6 atom stereocenters. The highest BCUT2D eigenvalue weighted by Crippen LogP contribution is 2.72. The van der Waals surface area contributed by atoms with Crippen molar-refractivity contribution in [2.75, 3.05) is 6.61 Å². The lowest BCUT2D eigenvalue weighted by Gasteiger charge is -2.47. The van der Waals surface area contributed by atoms with Crippen molar-refractivity contribution in [2.45, 2.75) is 65.6 Å². The lowest BCUT2D eigenvalue weighted by molar-refractivity contribution is -0.162. The number of ether oxygens (including phenoxy) is 1. The molecule has 0 aliphatic heterocycles. The Morgan fingerprint density at radius 1 is 1.19 bits per heavy atom. The number of esters is 1. The van der Waals surface area contributed by atoms with Crippen molar-refractivity contribution in [2.24, 2.45) is 28.1 Å². The van der Waals surface area contributed by atoms with Crippen LogP contribution in [0.2, 0.25) is 0 Å². The fourth-order valence-electron chi connectivity index (χ4n) is 5.55. The number of aliphatic hydroxyl groups excluding tert-OH is 2. The number of hydrogen-bond acceptors (Lipinski definition) is 4. The SMILES string of the molecule is CC(=O)OC[C@]12CC[C@H](O)[C@@]1(C)CC[C@@H]1[C@H]([C@H]2O)C1(C)C. The van der Waals surface area contributed by atoms with Crippen LogP contribution in [0, 0.1) is 28.1 Å². The van der Waals surface area contributed by atoms with Gasteiger partial charge in [0.15, 0.2) is 0 Å². The van der Waals surface area contributed by atoms with Crippen LogP contribution in [0.1, 0.15) is 53.4 Å². The average Bonchev–Trinajstić information content (AvgIpc) is 2.88. The fourth-order valence-corrected chi connectivity index (χ4v) is 5.55. The lowest BCUT2D eigenvalue weighted by Crippen LogP contribution is -2.52. The molecule has 3 saturated carbocycles. The van der Waals surface area contributed by atoms with E-state index in [-0.39, 0.29) is 29.3 Å². The van der Waals surface area contributed by atoms with Crippen LogP contribution in [-0.2, 0) is 9.53 Å². The van der Waals surface area contributed by atoms with Crippen LogP contribution in [0.5, 0.6) is 0 Å². The number of carbonyl (C=O) groups excluding carboxylic acids is 1. The molecule has 0 spiro atoms. The van der Waals surface area contributed by atoms with Crippen LogP contribution in [0.3, 0.4) is 0 Å². The number of hydrogen-bond donors (Lipinski definition) is 2. The molecule has 120 valence electrons. The van der Waals surface area contributed by atoms with Crippen molar-refractivity contribution in [3.05, 3.63) is 0 Å². The Balaban J connectivity index is 1.98. The van der Waals surface area contributed by atoms with Gasteiger partial charge >= 0.3 is 5.97 Å². The Morgan fingerprint density at radius 3 is 2.48 bits per heavy atom. The first-order valence-electron chi connectivity index (χ1n) is 8.16. The van der Waals surface area contributed by atoms with Gasteiger partial charge in [-0.15, -0.1) is 0 Å². The molecule has 0 aromatic heterocycles. The first kappa shape index (κ1) is 15.3. The largest absolute Gasteiger partial charge is 0.465 e. The van der Waals surface area contributed by atoms with Gasteiger partial charge in [-0.3, -0.25) is 4.79 Å². The summed E-state index contributed by atoms with van der Waals surface area (Å²) in [6.45, 7) is 8.16. The maximum absolute atomic E-state index is 11.3. The third-order valence-corrected chi connectivity index (χ3v) is 7.29. The molecule has 21 heavy (non-hydrogen) atoms. The second kappa shape index (κ2) is 4.45. The maximum atomic E-state index is 11.3. The van der Waals surface area contributed by atoms with Crippen molar-refractivity contribution in [1.29, 1.82) is 0 Å². The zero-order chi connectivity index (χ0) is 15.6. The summed E-state index contributed by atoms with van der Waals surface area (Å²) in [5.41, 5.74) is -0.686. The van der Waals surface area contributed by atoms with E-state index >= 15 is 0 Å². The zero-order valence-electron chi connectivity index (χ0n) is 13.6. The van der Waals surface area contributed by atoms with E-state index in [2.05, 4.69) is 20.8 Å². The lowest BCUT2D eigenvalue weighted by atomic mass is 9.60. The van der Waals surface area contributed by atoms with E-state index in [9.17, 15) is 15.0 Å². The highest BCUT2D eigenvalue weighted by atomic mass is 16.5. The highest BCUT2D eigenvalue weighted by Gasteiger charge is 2.72. The van der Waals surface area contributed by atoms with Gasteiger partial charge in [-0.2, -0.15) is 0 Å². The normalized spacial score (nSPS) is 50.8. The molecule has 0 bridgehead atoms. The van der Waals surface area contributed by atoms with E-state index in [0.717, 1.165) is 19.3 Å². The first-order chi connectivity index (χ1) is 9.67. The summed E-state index contributed by atoms with van der Waals surface area (Å²) in [4.78, 5) is 11.3. The average molecular weight is 296 g/mol. The van der Waals surface area contributed by atoms with Gasteiger partial charge in [-0.1, -0.05) is 20.8 Å². The summed E-state index contributed by atoms with van der Waals surface area (Å²) >= 11 is 0. The van der Waals surface area contributed by atoms with Gasteiger partial charge in [0, 0.05) is 17.8 Å². The highest BCUT2D eigenvalue weighted by molar-refractivity contribution is 5.66. The zero-order valence-corrected chi connectivity index (χ0v) is 13.6. The predicted molar refractivity (Wildman–Crippen MR) is 78.4 cm³/mol. The topological polar surface area (TPSA) is 66.8 Å². The summed E-state index contributed by atoms with van der Waals surface area (Å²) in [5.74, 6) is 0.479. The molecular weight excluding hydrogens is 268 g/mol. The van der Waals surface area contributed by atoms with Gasteiger partial charge in [0.1, 0.15) is 0 Å². The quantitative estimate of drug-likeness (QED) is 0.766. The molecule has 0 heterocycles. The molecule has 4 heteroatoms. The summed E-state index contributed by atoms with van der Waals surface area (Å²) in [7, 11) is 0. The van der Waals surface area contributed by atoms with Crippen LogP contribution < -0.4 is 0 Å². The van der Waals surface area contributed by atoms with Crippen molar-refractivity contribution in [1.82, 2.24) is 0 Å². The Labute approximate surface area is 126 Å². The molecule has 0 amide bonds. The number of aliphatic hydroxyl groups is 2. The predicted octanol–water partition coefficient (Wildman–Crippen LogP) is 2.12. The van der Waals surface area contributed by atoms with Crippen LogP contribution in [-0.4, -0.2) is 35.0 Å². The minimum Gasteiger partial charge on any atom is -0.465 e. The van der Waals surface area contributed by atoms with Gasteiger partial charge in [0.25, 0.3) is 0 Å². The Kier molecular flexibility index (Phi) is 3.24. The minimum atomic E-state index is -0.499. The van der Waals surface area contributed by atoms with E-state index in [1.54, 1.807) is 0 Å². The fraction of sp³-hybridized carbons (Fsp3) is 0.941. The second-order valence-corrected chi connectivity index (χ2v) is 8.35. The molecule has 0 aromatic carbocycles. The Hall–Kier alpha value is -0.610. The first-order valence-corrected chi connectivity index (χ1v) is 8.16. The minimum absolute atomic E-state index is 0.164. The molecule has 3 rings (SSSR count). The van der Waals surface area contributed by atoms with Crippen molar-refractivity contribution >= 4 is 5.97 Å². The van der Waals surface area contributed by atoms with E-state index in [0.29, 0.717) is 12.3 Å². The summed E-state index contributed by atoms with van der Waals surface area (Å²) in [6.07, 6.45) is 2.46. The molecule has 2 N–H and O–H groups in total. The van der Waals surface area contributed by atoms with Crippen molar-refractivity contribution < 1.29 is 19.7 Å². The monoisotopic (exact) mass is 296 g/mol. The molecule has 3 aliphatic rings. The van der Waals surface area contributed by atoms with Crippen LogP contribution >= 0.6 is 0 Å². The van der Waals surface area contributed by atoms with Crippen LogP contribution in [0.25, 0.3) is 0 Å². The molecule has 0 aromatic rings. The van der Waals surface area contributed by atoms with Gasteiger partial charge < -0.3 is 14.9 Å². The third-order valence-electron chi connectivity index (χ3n) is 7.29. The molecule has 3 aliphatic carbocycles. The number of rotatable bonds is 2. The van der Waals surface area contributed by atoms with E-state index in [1.807, 2.05) is 0 Å². The molecule has 0 unspecified atom stereocenters. The molecule has 4 nitrogen and oxygen atoms in total. The van der Waals surface area contributed by atoms with Gasteiger partial charge in [-0.05, 0) is 42.9 Å². The summed E-state index contributed by atoms with van der Waals surface area (Å²) < 4.78 is 5.35. The maximum Gasteiger partial charge on any atom is 0.302 e. The third kappa shape index (κ3) is 1.84. The van der Waals surface area contributed by atoms with Gasteiger partial charge in [-0.25, -0.2) is 0 Å². The van der Waals surface area contributed by atoms with Crippen molar-refractivity contribution in [3.8, 4) is 0 Å². The van der Waals surface area contributed by atoms with Gasteiger partial charge in [0.05, 0.1) is 18.8 Å². The molecule has 0 saturated heterocycles. The van der Waals surface area contributed by atoms with E-state index < -0.39 is 17.6 Å².